The minimum absolute atomic E-state index is 0.307. The molecule has 1 atom stereocenters. The lowest BCUT2D eigenvalue weighted by Gasteiger charge is -2.19. The van der Waals surface area contributed by atoms with E-state index in [1.54, 1.807) is 0 Å². The molecule has 0 aliphatic carbocycles. The Morgan fingerprint density at radius 2 is 1.26 bits per heavy atom. The van der Waals surface area contributed by atoms with E-state index in [4.69, 9.17) is 14.5 Å². The Labute approximate surface area is 237 Å². The van der Waals surface area contributed by atoms with Crippen LogP contribution in [0.3, 0.4) is 0 Å². The van der Waals surface area contributed by atoms with Gasteiger partial charge in [0.15, 0.2) is 0 Å². The lowest BCUT2D eigenvalue weighted by atomic mass is 10.1. The van der Waals surface area contributed by atoms with E-state index in [1.807, 2.05) is 0 Å². The Hall–Kier alpha value is -0.990. The molecule has 0 amide bonds. The molecule has 0 fully saturated rings. The largest absolute Gasteiger partial charge is 0.469 e. The van der Waals surface area contributed by atoms with Gasteiger partial charge in [-0.25, -0.2) is 4.57 Å². The van der Waals surface area contributed by atoms with Gasteiger partial charge in [0, 0.05) is 13.0 Å². The summed E-state index contributed by atoms with van der Waals surface area (Å²) in [7, 11) is -4.62. The number of hydrogen-bond donors (Lipinski definition) is 3. The number of carbonyl (C=O) groups excluding carboxylic acids is 2. The molecule has 0 saturated carbocycles. The van der Waals surface area contributed by atoms with Gasteiger partial charge in [0.1, 0.15) is 6.10 Å². The zero-order valence-corrected chi connectivity index (χ0v) is 25.5. The fraction of sp³-hybridized carbons (Fsp3) is 0.931. The highest BCUT2D eigenvalue weighted by Gasteiger charge is 2.21. The Morgan fingerprint density at radius 3 is 1.77 bits per heavy atom. The van der Waals surface area contributed by atoms with Crippen molar-refractivity contribution in [3.05, 3.63) is 0 Å². The Kier molecular flexibility index (Phi) is 27.8. The van der Waals surface area contributed by atoms with Crippen LogP contribution in [-0.2, 0) is 28.2 Å². The van der Waals surface area contributed by atoms with Gasteiger partial charge in [-0.1, -0.05) is 116 Å². The molecule has 0 saturated heterocycles. The van der Waals surface area contributed by atoms with Crippen LogP contribution in [0.1, 0.15) is 142 Å². The average molecular weight is 580 g/mol. The van der Waals surface area contributed by atoms with E-state index in [0.717, 1.165) is 51.5 Å². The number of rotatable bonds is 31. The molecule has 0 unspecified atom stereocenters. The first kappa shape index (κ1) is 38.0. The summed E-state index contributed by atoms with van der Waals surface area (Å²) in [6.45, 7) is 3.99. The number of carbonyl (C=O) groups is 2. The second kappa shape index (κ2) is 28.5. The number of phosphoric ester groups is 1. The van der Waals surface area contributed by atoms with E-state index >= 15 is 0 Å². The molecule has 232 valence electrons. The number of unbranched alkanes of at least 4 members (excludes halogenated alkanes) is 18. The summed E-state index contributed by atoms with van der Waals surface area (Å²) >= 11 is 0. The second-order valence-electron chi connectivity index (χ2n) is 10.5. The fourth-order valence-corrected chi connectivity index (χ4v) is 4.84. The van der Waals surface area contributed by atoms with Gasteiger partial charge in [0.2, 0.25) is 0 Å². The third-order valence-electron chi connectivity index (χ3n) is 6.77. The molecule has 0 aromatic carbocycles. The molecule has 10 heteroatoms. The zero-order chi connectivity index (χ0) is 28.9. The zero-order valence-electron chi connectivity index (χ0n) is 24.6. The van der Waals surface area contributed by atoms with Crippen LogP contribution in [0.2, 0.25) is 0 Å². The molecule has 9 nitrogen and oxygen atoms in total. The second-order valence-corrected chi connectivity index (χ2v) is 11.8. The first-order valence-electron chi connectivity index (χ1n) is 15.5. The molecule has 39 heavy (non-hydrogen) atoms. The maximum absolute atomic E-state index is 12.3. The molecule has 0 rings (SSSR count). The molecule has 0 bridgehead atoms. The van der Waals surface area contributed by atoms with Crippen molar-refractivity contribution in [2.75, 3.05) is 26.3 Å². The van der Waals surface area contributed by atoms with Crippen molar-refractivity contribution >= 4 is 20.3 Å². The third-order valence-corrected chi connectivity index (χ3v) is 7.25. The first-order chi connectivity index (χ1) is 18.9. The predicted molar refractivity (Wildman–Crippen MR) is 155 cm³/mol. The Balaban J connectivity index is 3.84. The minimum Gasteiger partial charge on any atom is -0.468 e. The summed E-state index contributed by atoms with van der Waals surface area (Å²) in [4.78, 5) is 40.4. The van der Waals surface area contributed by atoms with Gasteiger partial charge in [-0.05, 0) is 25.8 Å². The highest BCUT2D eigenvalue weighted by atomic mass is 31.2. The molecule has 0 aromatic heterocycles. The maximum atomic E-state index is 12.3. The van der Waals surface area contributed by atoms with Crippen LogP contribution < -0.4 is 5.32 Å². The molecule has 3 N–H and O–H groups in total. The SMILES string of the molecule is CCCCCCCCCCCCC(=O)O[C@@H](CNCCCCCCCCCCCCOC=O)COP(=O)(O)O. The normalized spacial score (nSPS) is 12.4. The lowest BCUT2D eigenvalue weighted by molar-refractivity contribution is -0.150. The monoisotopic (exact) mass is 579 g/mol. The molecular formula is C29H58NO8P. The molecule has 0 spiro atoms. The van der Waals surface area contributed by atoms with Crippen LogP contribution >= 0.6 is 7.82 Å². The standard InChI is InChI=1S/C29H58NO8P/c1-2-3-4-5-6-7-10-13-16-19-22-29(32)38-28(26-37-39(33,34)35)25-30-23-20-17-14-11-8-9-12-15-18-21-24-36-27-31/h27-28,30H,2-26H2,1H3,(H2,33,34,35)/t28-/m0/s1. The number of hydrogen-bond acceptors (Lipinski definition) is 7. The highest BCUT2D eigenvalue weighted by Crippen LogP contribution is 2.35. The first-order valence-corrected chi connectivity index (χ1v) is 17.1. The van der Waals surface area contributed by atoms with Gasteiger partial charge in [-0.15, -0.1) is 0 Å². The molecular weight excluding hydrogens is 521 g/mol. The minimum atomic E-state index is -4.62. The van der Waals surface area contributed by atoms with E-state index in [2.05, 4.69) is 21.5 Å². The number of esters is 1. The van der Waals surface area contributed by atoms with Gasteiger partial charge >= 0.3 is 13.8 Å². The van der Waals surface area contributed by atoms with Crippen LogP contribution in [0.15, 0.2) is 0 Å². The van der Waals surface area contributed by atoms with Crippen LogP contribution in [0.4, 0.5) is 0 Å². The lowest BCUT2D eigenvalue weighted by Crippen LogP contribution is -2.35. The highest BCUT2D eigenvalue weighted by molar-refractivity contribution is 7.46. The summed E-state index contributed by atoms with van der Waals surface area (Å²) in [6, 6.07) is 0. The Morgan fingerprint density at radius 1 is 0.769 bits per heavy atom. The van der Waals surface area contributed by atoms with Gasteiger partial charge in [-0.2, -0.15) is 0 Å². The summed E-state index contributed by atoms with van der Waals surface area (Å²) < 4.78 is 25.8. The van der Waals surface area contributed by atoms with Gasteiger partial charge in [0.05, 0.1) is 13.2 Å². The van der Waals surface area contributed by atoms with Gasteiger partial charge < -0.3 is 24.6 Å². The van der Waals surface area contributed by atoms with E-state index < -0.39 is 13.9 Å². The van der Waals surface area contributed by atoms with Crippen LogP contribution in [0.25, 0.3) is 0 Å². The molecule has 0 aliphatic heterocycles. The van der Waals surface area contributed by atoms with Crippen molar-refractivity contribution in [2.24, 2.45) is 0 Å². The molecule has 0 aromatic rings. The summed E-state index contributed by atoms with van der Waals surface area (Å²) in [6.07, 6.45) is 22.9. The maximum Gasteiger partial charge on any atom is 0.469 e. The van der Waals surface area contributed by atoms with Gasteiger partial charge in [0.25, 0.3) is 6.47 Å². The van der Waals surface area contributed by atoms with E-state index in [-0.39, 0.29) is 12.6 Å². The number of phosphoric acid groups is 1. The van der Waals surface area contributed by atoms with Crippen molar-refractivity contribution in [2.45, 2.75) is 148 Å². The Bertz CT molecular complexity index is 602. The van der Waals surface area contributed by atoms with Crippen molar-refractivity contribution in [3.8, 4) is 0 Å². The van der Waals surface area contributed by atoms with Gasteiger partial charge in [-0.3, -0.25) is 14.1 Å². The average Bonchev–Trinajstić information content (AvgIpc) is 2.90. The van der Waals surface area contributed by atoms with Crippen LogP contribution in [0, 0.1) is 0 Å². The van der Waals surface area contributed by atoms with E-state index in [1.165, 1.54) is 83.5 Å². The smallest absolute Gasteiger partial charge is 0.468 e. The topological polar surface area (TPSA) is 131 Å². The van der Waals surface area contributed by atoms with Crippen LogP contribution in [-0.4, -0.2) is 54.6 Å². The van der Waals surface area contributed by atoms with E-state index in [9.17, 15) is 14.2 Å². The molecule has 0 radical (unpaired) electrons. The summed E-state index contributed by atoms with van der Waals surface area (Å²) in [5, 5.41) is 3.23. The number of ether oxygens (including phenoxy) is 2. The van der Waals surface area contributed by atoms with Crippen molar-refractivity contribution in [1.29, 1.82) is 0 Å². The third kappa shape index (κ3) is 31.4. The quantitative estimate of drug-likeness (QED) is 0.0344. The van der Waals surface area contributed by atoms with Crippen molar-refractivity contribution < 1.29 is 37.9 Å². The molecule has 0 aliphatic rings. The molecule has 0 heterocycles. The van der Waals surface area contributed by atoms with Crippen molar-refractivity contribution in [3.63, 3.8) is 0 Å². The van der Waals surface area contributed by atoms with E-state index in [0.29, 0.717) is 26.0 Å². The van der Waals surface area contributed by atoms with Crippen LogP contribution in [0.5, 0.6) is 0 Å². The fourth-order valence-electron chi connectivity index (χ4n) is 4.48. The summed E-state index contributed by atoms with van der Waals surface area (Å²) in [5.74, 6) is -0.343. The predicted octanol–water partition coefficient (Wildman–Crippen LogP) is 6.98. The van der Waals surface area contributed by atoms with Crippen molar-refractivity contribution in [1.82, 2.24) is 5.32 Å². The number of nitrogens with one attached hydrogen (secondary N) is 1. The summed E-state index contributed by atoms with van der Waals surface area (Å²) in [5.41, 5.74) is 0.